The summed E-state index contributed by atoms with van der Waals surface area (Å²) >= 11 is 3.53. The van der Waals surface area contributed by atoms with Crippen LogP contribution in [-0.4, -0.2) is 23.8 Å². The Hall–Kier alpha value is -2.80. The number of thioether (sulfide) groups is 1. The van der Waals surface area contributed by atoms with Crippen LogP contribution < -0.4 is 4.90 Å². The predicted octanol–water partition coefficient (Wildman–Crippen LogP) is 5.65. The van der Waals surface area contributed by atoms with Gasteiger partial charge in [-0.15, -0.1) is 11.3 Å². The molecule has 1 aromatic heterocycles. The van der Waals surface area contributed by atoms with E-state index in [0.29, 0.717) is 0 Å². The van der Waals surface area contributed by atoms with E-state index in [0.717, 1.165) is 45.5 Å². The van der Waals surface area contributed by atoms with Gasteiger partial charge in [-0.1, -0.05) is 30.0 Å². The Kier molecular flexibility index (Phi) is 6.71. The molecule has 3 aromatic rings. The molecule has 0 N–H and O–H groups in total. The fourth-order valence-electron chi connectivity index (χ4n) is 2.89. The fraction of sp³-hybridized carbons (Fsp3) is 0.227. The molecule has 0 saturated carbocycles. The predicted molar refractivity (Wildman–Crippen MR) is 119 cm³/mol. The second-order valence-electron chi connectivity index (χ2n) is 6.20. The van der Waals surface area contributed by atoms with Gasteiger partial charge in [0.2, 0.25) is 0 Å². The minimum Gasteiger partial charge on any atom is -0.371 e. The summed E-state index contributed by atoms with van der Waals surface area (Å²) in [5.41, 5.74) is 4.29. The molecule has 0 aliphatic carbocycles. The number of rotatable bonds is 7. The van der Waals surface area contributed by atoms with Crippen LogP contribution in [0, 0.1) is 29.6 Å². The zero-order chi connectivity index (χ0) is 19.9. The van der Waals surface area contributed by atoms with Crippen molar-refractivity contribution in [2.45, 2.75) is 18.2 Å². The maximum atomic E-state index is 8.94. The van der Waals surface area contributed by atoms with Gasteiger partial charge in [0, 0.05) is 24.5 Å². The van der Waals surface area contributed by atoms with Gasteiger partial charge in [0.15, 0.2) is 4.34 Å². The number of aromatic nitrogens is 1. The molecule has 0 unspecified atom stereocenters. The van der Waals surface area contributed by atoms with E-state index >= 15 is 0 Å². The number of fused-ring (bicyclic) bond motifs is 1. The normalized spacial score (nSPS) is 10.3. The van der Waals surface area contributed by atoms with Crippen LogP contribution in [-0.2, 0) is 0 Å². The second kappa shape index (κ2) is 9.41. The van der Waals surface area contributed by atoms with E-state index in [-0.39, 0.29) is 5.57 Å². The van der Waals surface area contributed by atoms with Crippen LogP contribution in [0.5, 0.6) is 0 Å². The molecule has 0 aliphatic rings. The van der Waals surface area contributed by atoms with Gasteiger partial charge in [0.05, 0.1) is 10.2 Å². The maximum absolute atomic E-state index is 8.94. The molecule has 2 aromatic carbocycles. The molecule has 0 saturated heterocycles. The SMILES string of the molecule is CCN(CCSc1nc2ccccc2s1)c1ccc(C=C(C#N)C#N)c(C)c1. The minimum absolute atomic E-state index is 0.121. The lowest BCUT2D eigenvalue weighted by atomic mass is 10.0. The number of allylic oxidation sites excluding steroid dienone is 1. The molecular weight excluding hydrogens is 384 g/mol. The van der Waals surface area contributed by atoms with Crippen LogP contribution in [0.3, 0.4) is 0 Å². The topological polar surface area (TPSA) is 63.7 Å². The van der Waals surface area contributed by atoms with Crippen molar-refractivity contribution in [2.75, 3.05) is 23.7 Å². The Bertz CT molecular complexity index is 1040. The number of anilines is 1. The van der Waals surface area contributed by atoms with Crippen molar-refractivity contribution in [2.24, 2.45) is 0 Å². The number of thiazole rings is 1. The van der Waals surface area contributed by atoms with E-state index in [1.54, 1.807) is 29.2 Å². The second-order valence-corrected chi connectivity index (χ2v) is 8.57. The van der Waals surface area contributed by atoms with E-state index in [9.17, 15) is 0 Å². The number of hydrogen-bond donors (Lipinski definition) is 0. The molecular formula is C22H20N4S2. The van der Waals surface area contributed by atoms with E-state index in [2.05, 4.69) is 41.1 Å². The van der Waals surface area contributed by atoms with E-state index in [1.807, 2.05) is 37.3 Å². The summed E-state index contributed by atoms with van der Waals surface area (Å²) in [6.45, 7) is 5.99. The van der Waals surface area contributed by atoms with Crippen LogP contribution in [0.4, 0.5) is 5.69 Å². The van der Waals surface area contributed by atoms with Gasteiger partial charge in [-0.25, -0.2) is 4.98 Å². The summed E-state index contributed by atoms with van der Waals surface area (Å²) in [7, 11) is 0. The highest BCUT2D eigenvalue weighted by atomic mass is 32.2. The van der Waals surface area contributed by atoms with Gasteiger partial charge in [-0.05, 0) is 55.3 Å². The highest BCUT2D eigenvalue weighted by Gasteiger charge is 2.09. The lowest BCUT2D eigenvalue weighted by Gasteiger charge is -2.23. The summed E-state index contributed by atoms with van der Waals surface area (Å²) in [4.78, 5) is 7.01. The molecule has 1 heterocycles. The number of benzene rings is 2. The average Bonchev–Trinajstić information content (AvgIpc) is 3.13. The van der Waals surface area contributed by atoms with Crippen LogP contribution in [0.25, 0.3) is 16.3 Å². The van der Waals surface area contributed by atoms with Gasteiger partial charge >= 0.3 is 0 Å². The Morgan fingerprint density at radius 1 is 1.21 bits per heavy atom. The fourth-order valence-corrected chi connectivity index (χ4v) is 4.99. The first kappa shape index (κ1) is 19.9. The minimum atomic E-state index is 0.121. The summed E-state index contributed by atoms with van der Waals surface area (Å²) < 4.78 is 2.33. The van der Waals surface area contributed by atoms with Crippen molar-refractivity contribution in [1.82, 2.24) is 4.98 Å². The van der Waals surface area contributed by atoms with Crippen LogP contribution in [0.2, 0.25) is 0 Å². The molecule has 0 fully saturated rings. The van der Waals surface area contributed by atoms with Crippen molar-refractivity contribution in [3.8, 4) is 12.1 Å². The molecule has 28 heavy (non-hydrogen) atoms. The third kappa shape index (κ3) is 4.72. The zero-order valence-electron chi connectivity index (χ0n) is 15.8. The third-order valence-electron chi connectivity index (χ3n) is 4.40. The lowest BCUT2D eigenvalue weighted by Crippen LogP contribution is -2.25. The standard InChI is InChI=1S/C22H20N4S2/c1-3-26(10-11-27-22-25-20-6-4-5-7-21(20)28-22)19-9-8-18(16(2)12-19)13-17(14-23)15-24/h4-9,12-13H,3,10-11H2,1-2H3. The largest absolute Gasteiger partial charge is 0.371 e. The summed E-state index contributed by atoms with van der Waals surface area (Å²) in [6, 6.07) is 18.2. The smallest absolute Gasteiger partial charge is 0.151 e. The molecule has 4 nitrogen and oxygen atoms in total. The zero-order valence-corrected chi connectivity index (χ0v) is 17.5. The van der Waals surface area contributed by atoms with Gasteiger partial charge in [0.25, 0.3) is 0 Å². The summed E-state index contributed by atoms with van der Waals surface area (Å²) in [6.07, 6.45) is 1.64. The number of nitrogens with zero attached hydrogens (tertiary/aromatic N) is 4. The molecule has 140 valence electrons. The van der Waals surface area contributed by atoms with E-state index in [4.69, 9.17) is 10.5 Å². The van der Waals surface area contributed by atoms with Crippen molar-refractivity contribution in [3.05, 3.63) is 59.2 Å². The first-order valence-corrected chi connectivity index (χ1v) is 10.8. The van der Waals surface area contributed by atoms with Crippen LogP contribution >= 0.6 is 23.1 Å². The maximum Gasteiger partial charge on any atom is 0.151 e. The average molecular weight is 405 g/mol. The van der Waals surface area contributed by atoms with E-state index < -0.39 is 0 Å². The quantitative estimate of drug-likeness (QED) is 0.376. The van der Waals surface area contributed by atoms with Gasteiger partial charge < -0.3 is 4.90 Å². The highest BCUT2D eigenvalue weighted by molar-refractivity contribution is 8.01. The van der Waals surface area contributed by atoms with Crippen LogP contribution in [0.15, 0.2) is 52.4 Å². The van der Waals surface area contributed by atoms with E-state index in [1.165, 1.54) is 4.70 Å². The van der Waals surface area contributed by atoms with Crippen molar-refractivity contribution < 1.29 is 0 Å². The third-order valence-corrected chi connectivity index (χ3v) is 6.56. The molecule has 0 amide bonds. The van der Waals surface area contributed by atoms with Crippen molar-refractivity contribution >= 4 is 45.1 Å². The number of nitriles is 2. The lowest BCUT2D eigenvalue weighted by molar-refractivity contribution is 0.871. The molecule has 0 aliphatic heterocycles. The number of para-hydroxylation sites is 1. The highest BCUT2D eigenvalue weighted by Crippen LogP contribution is 2.29. The van der Waals surface area contributed by atoms with Gasteiger partial charge in [-0.2, -0.15) is 10.5 Å². The Balaban J connectivity index is 1.66. The molecule has 6 heteroatoms. The van der Waals surface area contributed by atoms with Crippen molar-refractivity contribution in [1.29, 1.82) is 10.5 Å². The molecule has 0 radical (unpaired) electrons. The molecule has 0 spiro atoms. The summed E-state index contributed by atoms with van der Waals surface area (Å²) in [5, 5.41) is 17.9. The molecule has 3 rings (SSSR count). The Morgan fingerprint density at radius 2 is 2.00 bits per heavy atom. The summed E-state index contributed by atoms with van der Waals surface area (Å²) in [5.74, 6) is 0.960. The molecule has 0 bridgehead atoms. The monoisotopic (exact) mass is 404 g/mol. The van der Waals surface area contributed by atoms with Crippen LogP contribution in [0.1, 0.15) is 18.1 Å². The van der Waals surface area contributed by atoms with Gasteiger partial charge in [-0.3, -0.25) is 0 Å². The Morgan fingerprint density at radius 3 is 2.68 bits per heavy atom. The molecule has 0 atom stereocenters. The number of hydrogen-bond acceptors (Lipinski definition) is 6. The number of aryl methyl sites for hydroxylation is 1. The first-order chi connectivity index (χ1) is 13.6. The van der Waals surface area contributed by atoms with Crippen molar-refractivity contribution in [3.63, 3.8) is 0 Å². The Labute approximate surface area is 173 Å². The first-order valence-electron chi connectivity index (χ1n) is 9.00. The van der Waals surface area contributed by atoms with Gasteiger partial charge in [0.1, 0.15) is 17.7 Å².